The summed E-state index contributed by atoms with van der Waals surface area (Å²) in [6.45, 7) is 5.28. The molecule has 0 saturated carbocycles. The van der Waals surface area contributed by atoms with Gasteiger partial charge in [-0.05, 0) is 59.7 Å². The van der Waals surface area contributed by atoms with Gasteiger partial charge in [-0.15, -0.1) is 0 Å². The van der Waals surface area contributed by atoms with Crippen molar-refractivity contribution in [1.29, 1.82) is 0 Å². The van der Waals surface area contributed by atoms with E-state index in [4.69, 9.17) is 0 Å². The van der Waals surface area contributed by atoms with Crippen molar-refractivity contribution in [2.45, 2.75) is 26.3 Å². The molecule has 2 aromatic rings. The molecule has 0 aliphatic carbocycles. The van der Waals surface area contributed by atoms with Crippen molar-refractivity contribution in [3.05, 3.63) is 68.8 Å². The molecule has 2 aromatic carbocycles. The van der Waals surface area contributed by atoms with E-state index in [1.807, 2.05) is 0 Å². The Morgan fingerprint density at radius 2 is 1.74 bits per heavy atom. The molecule has 1 unspecified atom stereocenters. The van der Waals surface area contributed by atoms with Crippen molar-refractivity contribution in [1.82, 2.24) is 5.32 Å². The van der Waals surface area contributed by atoms with Crippen LogP contribution in [-0.2, 0) is 6.42 Å². The molecule has 100 valence electrons. The molecule has 1 atom stereocenters. The third-order valence-electron chi connectivity index (χ3n) is 3.29. The van der Waals surface area contributed by atoms with Crippen LogP contribution in [0.3, 0.4) is 0 Å². The van der Waals surface area contributed by atoms with Gasteiger partial charge in [0.25, 0.3) is 0 Å². The molecule has 2 heteroatoms. The summed E-state index contributed by atoms with van der Waals surface area (Å²) in [4.78, 5) is 0. The molecule has 0 aliphatic rings. The van der Waals surface area contributed by atoms with Crippen molar-refractivity contribution in [3.8, 4) is 0 Å². The Kier molecular flexibility index (Phi) is 5.40. The molecule has 0 heterocycles. The maximum atomic E-state index is 3.60. The normalized spacial score (nSPS) is 12.4. The van der Waals surface area contributed by atoms with Gasteiger partial charge in [-0.25, -0.2) is 0 Å². The van der Waals surface area contributed by atoms with E-state index in [1.165, 1.54) is 20.3 Å². The highest BCUT2D eigenvalue weighted by Gasteiger charge is 2.13. The fourth-order valence-electron chi connectivity index (χ4n) is 2.26. The van der Waals surface area contributed by atoms with Crippen LogP contribution in [0.1, 0.15) is 29.7 Å². The highest BCUT2D eigenvalue weighted by Crippen LogP contribution is 2.23. The molecule has 0 saturated heterocycles. The maximum absolute atomic E-state index is 3.60. The summed E-state index contributed by atoms with van der Waals surface area (Å²) >= 11 is 2.42. The van der Waals surface area contributed by atoms with Crippen molar-refractivity contribution < 1.29 is 0 Å². The van der Waals surface area contributed by atoms with E-state index >= 15 is 0 Å². The van der Waals surface area contributed by atoms with Crippen LogP contribution in [-0.4, -0.2) is 6.54 Å². The molecule has 0 spiro atoms. The molecule has 0 aliphatic heterocycles. The average Bonchev–Trinajstić information content (AvgIpc) is 2.41. The van der Waals surface area contributed by atoms with E-state index in [9.17, 15) is 0 Å². The molecular formula is C17H20IN. The fourth-order valence-corrected chi connectivity index (χ4v) is 3.02. The SMILES string of the molecule is CCNC(Cc1ccc(C)cc1)c1ccccc1I. The van der Waals surface area contributed by atoms with Crippen molar-refractivity contribution in [2.24, 2.45) is 0 Å². The minimum Gasteiger partial charge on any atom is -0.310 e. The lowest BCUT2D eigenvalue weighted by Gasteiger charge is -2.20. The number of rotatable bonds is 5. The lowest BCUT2D eigenvalue weighted by atomic mass is 9.98. The first-order chi connectivity index (χ1) is 9.20. The van der Waals surface area contributed by atoms with Crippen molar-refractivity contribution in [2.75, 3.05) is 6.54 Å². The molecule has 1 N–H and O–H groups in total. The summed E-state index contributed by atoms with van der Waals surface area (Å²) < 4.78 is 1.33. The second-order valence-electron chi connectivity index (χ2n) is 4.82. The van der Waals surface area contributed by atoms with Crippen LogP contribution in [0.2, 0.25) is 0 Å². The minimum absolute atomic E-state index is 0.390. The third kappa shape index (κ3) is 4.05. The fraction of sp³-hybridized carbons (Fsp3) is 0.294. The summed E-state index contributed by atoms with van der Waals surface area (Å²) in [6, 6.07) is 17.9. The molecule has 19 heavy (non-hydrogen) atoms. The smallest absolute Gasteiger partial charge is 0.0371 e. The molecule has 2 rings (SSSR count). The predicted molar refractivity (Wildman–Crippen MR) is 90.5 cm³/mol. The molecule has 0 amide bonds. The van der Waals surface area contributed by atoms with Gasteiger partial charge in [-0.3, -0.25) is 0 Å². The Hall–Kier alpha value is -0.870. The van der Waals surface area contributed by atoms with Gasteiger partial charge < -0.3 is 5.32 Å². The number of halogens is 1. The van der Waals surface area contributed by atoms with Crippen LogP contribution in [0.25, 0.3) is 0 Å². The first-order valence-corrected chi connectivity index (χ1v) is 7.82. The first kappa shape index (κ1) is 14.5. The molecule has 0 bridgehead atoms. The van der Waals surface area contributed by atoms with E-state index in [0.717, 1.165) is 13.0 Å². The summed E-state index contributed by atoms with van der Waals surface area (Å²) in [5.41, 5.74) is 4.10. The zero-order chi connectivity index (χ0) is 13.7. The predicted octanol–water partition coefficient (Wildman–Crippen LogP) is 4.49. The Bertz CT molecular complexity index is 519. The number of hydrogen-bond acceptors (Lipinski definition) is 1. The lowest BCUT2D eigenvalue weighted by molar-refractivity contribution is 0.547. The van der Waals surface area contributed by atoms with Gasteiger partial charge in [0.05, 0.1) is 0 Å². The van der Waals surface area contributed by atoms with Crippen molar-refractivity contribution in [3.63, 3.8) is 0 Å². The van der Waals surface area contributed by atoms with Crippen LogP contribution in [0.4, 0.5) is 0 Å². The summed E-state index contributed by atoms with van der Waals surface area (Å²) in [6.07, 6.45) is 1.04. The first-order valence-electron chi connectivity index (χ1n) is 6.74. The maximum Gasteiger partial charge on any atom is 0.0371 e. The van der Waals surface area contributed by atoms with E-state index in [1.54, 1.807) is 0 Å². The van der Waals surface area contributed by atoms with Gasteiger partial charge in [0.1, 0.15) is 0 Å². The molecule has 0 radical (unpaired) electrons. The zero-order valence-corrected chi connectivity index (χ0v) is 13.6. The summed E-state index contributed by atoms with van der Waals surface area (Å²) in [5.74, 6) is 0. The van der Waals surface area contributed by atoms with Crippen LogP contribution in [0.5, 0.6) is 0 Å². The molecule has 1 nitrogen and oxygen atoms in total. The van der Waals surface area contributed by atoms with Crippen LogP contribution >= 0.6 is 22.6 Å². The molecule has 0 fully saturated rings. The number of benzene rings is 2. The number of hydrogen-bond donors (Lipinski definition) is 1. The Morgan fingerprint density at radius 3 is 2.37 bits per heavy atom. The Labute approximate surface area is 129 Å². The summed E-state index contributed by atoms with van der Waals surface area (Å²) in [7, 11) is 0. The second kappa shape index (κ2) is 7.06. The van der Waals surface area contributed by atoms with E-state index in [2.05, 4.69) is 90.3 Å². The van der Waals surface area contributed by atoms with Crippen LogP contribution in [0.15, 0.2) is 48.5 Å². The van der Waals surface area contributed by atoms with E-state index < -0.39 is 0 Å². The number of likely N-dealkylation sites (N-methyl/N-ethyl adjacent to an activating group) is 1. The second-order valence-corrected chi connectivity index (χ2v) is 5.98. The Morgan fingerprint density at radius 1 is 1.05 bits per heavy atom. The topological polar surface area (TPSA) is 12.0 Å². The van der Waals surface area contributed by atoms with Gasteiger partial charge in [0.15, 0.2) is 0 Å². The number of aryl methyl sites for hydroxylation is 1. The van der Waals surface area contributed by atoms with E-state index in [-0.39, 0.29) is 0 Å². The lowest BCUT2D eigenvalue weighted by Crippen LogP contribution is -2.23. The summed E-state index contributed by atoms with van der Waals surface area (Å²) in [5, 5.41) is 3.60. The van der Waals surface area contributed by atoms with Gasteiger partial charge in [0, 0.05) is 9.61 Å². The third-order valence-corrected chi connectivity index (χ3v) is 4.27. The van der Waals surface area contributed by atoms with Gasteiger partial charge in [-0.1, -0.05) is 55.0 Å². The van der Waals surface area contributed by atoms with Gasteiger partial charge in [0.2, 0.25) is 0 Å². The van der Waals surface area contributed by atoms with Crippen LogP contribution in [0, 0.1) is 10.5 Å². The molecule has 0 aromatic heterocycles. The standard InChI is InChI=1S/C17H20IN/c1-3-19-17(15-6-4-5-7-16(15)18)12-14-10-8-13(2)9-11-14/h4-11,17,19H,3,12H2,1-2H3. The highest BCUT2D eigenvalue weighted by molar-refractivity contribution is 14.1. The quantitative estimate of drug-likeness (QED) is 0.770. The Balaban J connectivity index is 2.21. The van der Waals surface area contributed by atoms with Crippen LogP contribution < -0.4 is 5.32 Å². The van der Waals surface area contributed by atoms with E-state index in [0.29, 0.717) is 6.04 Å². The average molecular weight is 365 g/mol. The van der Waals surface area contributed by atoms with Crippen molar-refractivity contribution >= 4 is 22.6 Å². The minimum atomic E-state index is 0.390. The van der Waals surface area contributed by atoms with Gasteiger partial charge in [-0.2, -0.15) is 0 Å². The monoisotopic (exact) mass is 365 g/mol. The molecular weight excluding hydrogens is 345 g/mol. The zero-order valence-electron chi connectivity index (χ0n) is 11.5. The largest absolute Gasteiger partial charge is 0.310 e. The highest BCUT2D eigenvalue weighted by atomic mass is 127. The number of nitrogens with one attached hydrogen (secondary N) is 1. The van der Waals surface area contributed by atoms with Gasteiger partial charge >= 0.3 is 0 Å².